The summed E-state index contributed by atoms with van der Waals surface area (Å²) in [5.41, 5.74) is 0.158. The summed E-state index contributed by atoms with van der Waals surface area (Å²) in [7, 11) is 0. The Labute approximate surface area is 126 Å². The van der Waals surface area contributed by atoms with Crippen LogP contribution in [0.25, 0.3) is 0 Å². The van der Waals surface area contributed by atoms with Crippen LogP contribution >= 0.6 is 0 Å². The number of rotatable bonds is 5. The van der Waals surface area contributed by atoms with Gasteiger partial charge in [-0.15, -0.1) is 0 Å². The number of nitrogens with zero attached hydrogens (tertiary/aromatic N) is 2. The van der Waals surface area contributed by atoms with Crippen LogP contribution in [0.3, 0.4) is 0 Å². The van der Waals surface area contributed by atoms with Crippen LogP contribution in [0, 0.1) is 11.6 Å². The van der Waals surface area contributed by atoms with E-state index in [4.69, 9.17) is 4.74 Å². The zero-order valence-electron chi connectivity index (χ0n) is 11.9. The molecule has 2 aromatic rings. The van der Waals surface area contributed by atoms with E-state index >= 15 is 0 Å². The quantitative estimate of drug-likeness (QED) is 0.889. The molecule has 0 saturated carbocycles. The lowest BCUT2D eigenvalue weighted by molar-refractivity contribution is 0.120. The molecule has 22 heavy (non-hydrogen) atoms. The van der Waals surface area contributed by atoms with Crippen LogP contribution in [0.1, 0.15) is 12.8 Å². The molecule has 1 aliphatic rings. The standard InChI is InChI=1S/C15H16F2N4O/c16-10-3-4-13(12(17)6-10)21-15-7-14(19-9-20-15)18-8-11-2-1-5-22-11/h3-4,6-7,9,11H,1-2,5,8H2,(H2,18,19,20,21). The van der Waals surface area contributed by atoms with E-state index in [-0.39, 0.29) is 11.8 Å². The highest BCUT2D eigenvalue weighted by Crippen LogP contribution is 2.20. The Morgan fingerprint density at radius 3 is 2.82 bits per heavy atom. The second-order valence-electron chi connectivity index (χ2n) is 5.05. The Hall–Kier alpha value is -2.28. The third-order valence-electron chi connectivity index (χ3n) is 3.40. The third-order valence-corrected chi connectivity index (χ3v) is 3.40. The molecule has 1 aromatic heterocycles. The summed E-state index contributed by atoms with van der Waals surface area (Å²) in [5.74, 6) is -0.247. The van der Waals surface area contributed by atoms with E-state index < -0.39 is 11.6 Å². The minimum absolute atomic E-state index is 0.158. The molecule has 5 nitrogen and oxygen atoms in total. The van der Waals surface area contributed by atoms with Gasteiger partial charge in [0.2, 0.25) is 0 Å². The van der Waals surface area contributed by atoms with Crippen molar-refractivity contribution in [2.24, 2.45) is 0 Å². The predicted molar refractivity (Wildman–Crippen MR) is 79.1 cm³/mol. The number of hydrogen-bond donors (Lipinski definition) is 2. The highest BCUT2D eigenvalue weighted by molar-refractivity contribution is 5.59. The molecule has 0 aliphatic carbocycles. The Kier molecular flexibility index (Phi) is 4.43. The van der Waals surface area contributed by atoms with Gasteiger partial charge < -0.3 is 15.4 Å². The van der Waals surface area contributed by atoms with Gasteiger partial charge >= 0.3 is 0 Å². The van der Waals surface area contributed by atoms with Crippen molar-refractivity contribution in [1.82, 2.24) is 9.97 Å². The Bertz CT molecular complexity index is 647. The number of benzene rings is 1. The largest absolute Gasteiger partial charge is 0.376 e. The summed E-state index contributed by atoms with van der Waals surface area (Å²) >= 11 is 0. The van der Waals surface area contributed by atoms with Crippen molar-refractivity contribution >= 4 is 17.3 Å². The number of aromatic nitrogens is 2. The summed E-state index contributed by atoms with van der Waals surface area (Å²) < 4.78 is 32.0. The second-order valence-corrected chi connectivity index (χ2v) is 5.05. The van der Waals surface area contributed by atoms with E-state index in [0.717, 1.165) is 25.5 Å². The Morgan fingerprint density at radius 2 is 2.05 bits per heavy atom. The van der Waals surface area contributed by atoms with Crippen molar-refractivity contribution in [3.8, 4) is 0 Å². The lowest BCUT2D eigenvalue weighted by atomic mass is 10.2. The van der Waals surface area contributed by atoms with E-state index in [1.807, 2.05) is 0 Å². The highest BCUT2D eigenvalue weighted by atomic mass is 19.1. The van der Waals surface area contributed by atoms with Crippen molar-refractivity contribution in [3.63, 3.8) is 0 Å². The molecule has 0 radical (unpaired) electrons. The molecule has 0 bridgehead atoms. The molecule has 1 unspecified atom stereocenters. The smallest absolute Gasteiger partial charge is 0.149 e. The molecule has 2 N–H and O–H groups in total. The number of halogens is 2. The molecule has 2 heterocycles. The highest BCUT2D eigenvalue weighted by Gasteiger charge is 2.15. The van der Waals surface area contributed by atoms with E-state index in [9.17, 15) is 8.78 Å². The summed E-state index contributed by atoms with van der Waals surface area (Å²) in [6.45, 7) is 1.47. The van der Waals surface area contributed by atoms with Crippen molar-refractivity contribution in [1.29, 1.82) is 0 Å². The van der Waals surface area contributed by atoms with Crippen molar-refractivity contribution < 1.29 is 13.5 Å². The van der Waals surface area contributed by atoms with Gasteiger partial charge in [-0.05, 0) is 25.0 Å². The summed E-state index contributed by atoms with van der Waals surface area (Å²) in [6.07, 6.45) is 3.68. The fourth-order valence-corrected chi connectivity index (χ4v) is 2.27. The lowest BCUT2D eigenvalue weighted by Gasteiger charge is -2.12. The molecule has 116 valence electrons. The van der Waals surface area contributed by atoms with Gasteiger partial charge in [0.25, 0.3) is 0 Å². The molecule has 1 aromatic carbocycles. The topological polar surface area (TPSA) is 59.1 Å². The second kappa shape index (κ2) is 6.65. The molecular formula is C15H16F2N4O. The van der Waals surface area contributed by atoms with E-state index in [1.54, 1.807) is 6.07 Å². The van der Waals surface area contributed by atoms with Gasteiger partial charge in [0.05, 0.1) is 11.8 Å². The number of nitrogens with one attached hydrogen (secondary N) is 2. The molecule has 0 amide bonds. The van der Waals surface area contributed by atoms with Crippen LogP contribution in [0.4, 0.5) is 26.1 Å². The molecule has 3 rings (SSSR count). The monoisotopic (exact) mass is 306 g/mol. The van der Waals surface area contributed by atoms with Gasteiger partial charge in [0, 0.05) is 25.3 Å². The van der Waals surface area contributed by atoms with Gasteiger partial charge in [-0.1, -0.05) is 0 Å². The fraction of sp³-hybridized carbons (Fsp3) is 0.333. The first-order valence-corrected chi connectivity index (χ1v) is 7.10. The van der Waals surface area contributed by atoms with Gasteiger partial charge in [0.15, 0.2) is 0 Å². The van der Waals surface area contributed by atoms with E-state index in [2.05, 4.69) is 20.6 Å². The molecule has 1 fully saturated rings. The van der Waals surface area contributed by atoms with Crippen molar-refractivity contribution in [2.45, 2.75) is 18.9 Å². The first kappa shape index (κ1) is 14.6. The maximum atomic E-state index is 13.6. The van der Waals surface area contributed by atoms with Gasteiger partial charge in [-0.2, -0.15) is 0 Å². The average Bonchev–Trinajstić information content (AvgIpc) is 3.02. The molecule has 1 aliphatic heterocycles. The van der Waals surface area contributed by atoms with Crippen LogP contribution in [0.2, 0.25) is 0 Å². The van der Waals surface area contributed by atoms with E-state index in [1.165, 1.54) is 18.5 Å². The number of hydrogen-bond acceptors (Lipinski definition) is 5. The number of anilines is 3. The zero-order chi connectivity index (χ0) is 15.4. The van der Waals surface area contributed by atoms with Crippen molar-refractivity contribution in [3.05, 3.63) is 42.2 Å². The summed E-state index contributed by atoms with van der Waals surface area (Å²) in [4.78, 5) is 8.13. The molecule has 1 saturated heterocycles. The first-order valence-electron chi connectivity index (χ1n) is 7.10. The van der Waals surface area contributed by atoms with Gasteiger partial charge in [-0.25, -0.2) is 18.7 Å². The Balaban J connectivity index is 1.65. The fourth-order valence-electron chi connectivity index (χ4n) is 2.27. The maximum absolute atomic E-state index is 13.6. The lowest BCUT2D eigenvalue weighted by Crippen LogP contribution is -2.19. The minimum Gasteiger partial charge on any atom is -0.376 e. The first-order chi connectivity index (χ1) is 10.7. The van der Waals surface area contributed by atoms with Gasteiger partial charge in [0.1, 0.15) is 29.6 Å². The Morgan fingerprint density at radius 1 is 1.18 bits per heavy atom. The maximum Gasteiger partial charge on any atom is 0.149 e. The molecular weight excluding hydrogens is 290 g/mol. The third kappa shape index (κ3) is 3.67. The molecule has 0 spiro atoms. The van der Waals surface area contributed by atoms with Crippen LogP contribution in [-0.4, -0.2) is 29.2 Å². The summed E-state index contributed by atoms with van der Waals surface area (Å²) in [5, 5.41) is 5.97. The van der Waals surface area contributed by atoms with Crippen LogP contribution < -0.4 is 10.6 Å². The normalized spacial score (nSPS) is 17.5. The minimum atomic E-state index is -0.674. The van der Waals surface area contributed by atoms with Gasteiger partial charge in [-0.3, -0.25) is 0 Å². The number of ether oxygens (including phenoxy) is 1. The SMILES string of the molecule is Fc1ccc(Nc2cc(NCC3CCCO3)ncn2)c(F)c1. The molecule has 7 heteroatoms. The van der Waals surface area contributed by atoms with Crippen molar-refractivity contribution in [2.75, 3.05) is 23.8 Å². The van der Waals surface area contributed by atoms with Crippen LogP contribution in [0.15, 0.2) is 30.6 Å². The average molecular weight is 306 g/mol. The molecule has 1 atom stereocenters. The zero-order valence-corrected chi connectivity index (χ0v) is 11.9. The van der Waals surface area contributed by atoms with Crippen LogP contribution in [0.5, 0.6) is 0 Å². The van der Waals surface area contributed by atoms with Crippen LogP contribution in [-0.2, 0) is 4.74 Å². The van der Waals surface area contributed by atoms with E-state index in [0.29, 0.717) is 18.2 Å². The summed E-state index contributed by atoms with van der Waals surface area (Å²) in [6, 6.07) is 4.99. The predicted octanol–water partition coefficient (Wildman–Crippen LogP) is 3.09.